The summed E-state index contributed by atoms with van der Waals surface area (Å²) in [7, 11) is -4.62. The van der Waals surface area contributed by atoms with Gasteiger partial charge in [-0.1, -0.05) is 226 Å². The van der Waals surface area contributed by atoms with Crippen LogP contribution >= 0.6 is 0 Å². The third-order valence-electron chi connectivity index (χ3n) is 9.44. The van der Waals surface area contributed by atoms with Gasteiger partial charge in [0.1, 0.15) is 0 Å². The Bertz CT molecular complexity index is 655. The largest absolute Gasteiger partial charge is 0.726 e. The number of hydrogen-bond acceptors (Lipinski definition) is 4. The van der Waals surface area contributed by atoms with Crippen molar-refractivity contribution in [1.29, 1.82) is 0 Å². The molecule has 1 unspecified atom stereocenters. The van der Waals surface area contributed by atoms with E-state index in [1.807, 2.05) is 0 Å². The molecule has 0 aliphatic rings. The van der Waals surface area contributed by atoms with E-state index in [1.54, 1.807) is 0 Å². The lowest BCUT2D eigenvalue weighted by molar-refractivity contribution is 0.154. The molecule has 0 aliphatic carbocycles. The number of unbranched alkanes of at least 4 members (excludes halogenated alkanes) is 29. The minimum Gasteiger partial charge on any atom is -0.726 e. The second kappa shape index (κ2) is 36.7. The lowest BCUT2D eigenvalue weighted by atomic mass is 10.0. The summed E-state index contributed by atoms with van der Waals surface area (Å²) in [4.78, 5) is 0. The summed E-state index contributed by atoms with van der Waals surface area (Å²) in [6.45, 7) is 6.92. The molecule has 0 aromatic carbocycles. The van der Waals surface area contributed by atoms with Crippen molar-refractivity contribution in [1.82, 2.24) is 6.15 Å². The van der Waals surface area contributed by atoms with Crippen molar-refractivity contribution in [3.05, 3.63) is 0 Å². The first kappa shape index (κ1) is 46.9. The molecule has 0 bridgehead atoms. The Balaban J connectivity index is 0. The van der Waals surface area contributed by atoms with E-state index in [4.69, 9.17) is 4.18 Å². The van der Waals surface area contributed by atoms with Crippen molar-refractivity contribution in [2.45, 2.75) is 245 Å². The van der Waals surface area contributed by atoms with Crippen LogP contribution in [0.5, 0.6) is 0 Å². The molecule has 0 aromatic rings. The molecule has 1 atom stereocenters. The highest BCUT2D eigenvalue weighted by Gasteiger charge is 2.12. The fraction of sp³-hybridized carbons (Fsp3) is 1.00. The highest BCUT2D eigenvalue weighted by molar-refractivity contribution is 7.80. The Morgan fingerprint density at radius 1 is 0.422 bits per heavy atom. The van der Waals surface area contributed by atoms with E-state index in [1.165, 1.54) is 180 Å². The van der Waals surface area contributed by atoms with E-state index in [-0.39, 0.29) is 6.15 Å². The van der Waals surface area contributed by atoms with E-state index >= 15 is 0 Å². The maximum Gasteiger partial charge on any atom is 0.217 e. The topological polar surface area (TPSA) is 103 Å². The van der Waals surface area contributed by atoms with Crippen molar-refractivity contribution >= 4 is 10.4 Å². The Hall–Kier alpha value is -0.170. The van der Waals surface area contributed by atoms with Crippen LogP contribution in [0, 0.1) is 5.92 Å². The molecule has 6 heteroatoms. The standard InChI is InChI=1S/C39H80O4S.H3N/c1-4-5-6-7-8-9-10-11-12-15-18-21-24-27-30-33-36-39(43-44(40,41)42)37-34-31-28-25-22-19-16-13-14-17-20-23-26-29-32-35-38(2)3;/h38-39H,4-37H2,1-3H3,(H,40,41,42);1H3. The van der Waals surface area contributed by atoms with Crippen LogP contribution in [0.2, 0.25) is 0 Å². The van der Waals surface area contributed by atoms with E-state index in [0.29, 0.717) is 12.8 Å². The summed E-state index contributed by atoms with van der Waals surface area (Å²) >= 11 is 0. The summed E-state index contributed by atoms with van der Waals surface area (Å²) in [6.07, 6.45) is 43.3. The number of rotatable bonds is 37. The van der Waals surface area contributed by atoms with Gasteiger partial charge in [-0.3, -0.25) is 4.18 Å². The zero-order chi connectivity index (χ0) is 32.4. The van der Waals surface area contributed by atoms with Gasteiger partial charge in [0.05, 0.1) is 6.10 Å². The van der Waals surface area contributed by atoms with Crippen LogP contribution in [0.25, 0.3) is 0 Å². The molecule has 4 N–H and O–H groups in total. The second-order valence-corrected chi connectivity index (χ2v) is 15.5. The summed E-state index contributed by atoms with van der Waals surface area (Å²) < 4.78 is 38.6. The predicted molar refractivity (Wildman–Crippen MR) is 198 cm³/mol. The summed E-state index contributed by atoms with van der Waals surface area (Å²) in [6, 6.07) is 0. The SMILES string of the molecule is CCCCCCCCCCCCCCCCCCC(CCCCCCCCCCCCCCCCCC(C)C)OS(=O)(=O)[O-].[NH4+]. The Morgan fingerprint density at radius 2 is 0.644 bits per heavy atom. The third-order valence-corrected chi connectivity index (χ3v) is 9.95. The van der Waals surface area contributed by atoms with Gasteiger partial charge in [0.15, 0.2) is 0 Å². The average Bonchev–Trinajstić information content (AvgIpc) is 2.97. The molecule has 0 radical (unpaired) electrons. The fourth-order valence-electron chi connectivity index (χ4n) is 6.55. The van der Waals surface area contributed by atoms with E-state index < -0.39 is 16.5 Å². The van der Waals surface area contributed by atoms with Crippen LogP contribution in [0.3, 0.4) is 0 Å². The summed E-state index contributed by atoms with van der Waals surface area (Å²) in [5, 5.41) is 0. The molecule has 0 heterocycles. The number of hydrogen-bond donors (Lipinski definition) is 1. The summed E-state index contributed by atoms with van der Waals surface area (Å²) in [5.41, 5.74) is 0. The lowest BCUT2D eigenvalue weighted by Gasteiger charge is -2.19. The van der Waals surface area contributed by atoms with E-state index in [2.05, 4.69) is 20.8 Å². The van der Waals surface area contributed by atoms with Gasteiger partial charge >= 0.3 is 0 Å². The molecule has 0 saturated heterocycles. The molecule has 0 spiro atoms. The van der Waals surface area contributed by atoms with Gasteiger partial charge in [-0.25, -0.2) is 8.42 Å². The quantitative estimate of drug-likeness (QED) is 0.0406. The van der Waals surface area contributed by atoms with Crippen molar-refractivity contribution in [2.75, 3.05) is 0 Å². The van der Waals surface area contributed by atoms with Crippen LogP contribution in [-0.4, -0.2) is 19.1 Å². The van der Waals surface area contributed by atoms with Crippen molar-refractivity contribution < 1.29 is 17.2 Å². The van der Waals surface area contributed by atoms with Gasteiger partial charge in [-0.15, -0.1) is 0 Å². The molecule has 274 valence electrons. The van der Waals surface area contributed by atoms with Gasteiger partial charge in [-0.05, 0) is 18.8 Å². The average molecular weight is 662 g/mol. The first-order valence-electron chi connectivity index (χ1n) is 20.0. The maximum absolute atomic E-state index is 11.2. The summed E-state index contributed by atoms with van der Waals surface area (Å²) in [5.74, 6) is 0.857. The molecule has 45 heavy (non-hydrogen) atoms. The zero-order valence-electron chi connectivity index (χ0n) is 31.2. The van der Waals surface area contributed by atoms with E-state index in [9.17, 15) is 13.0 Å². The second-order valence-electron chi connectivity index (χ2n) is 14.5. The predicted octanol–water partition coefficient (Wildman–Crippen LogP) is 14.1. The van der Waals surface area contributed by atoms with Crippen LogP contribution in [0.1, 0.15) is 239 Å². The highest BCUT2D eigenvalue weighted by Crippen LogP contribution is 2.20. The molecular weight excluding hydrogens is 578 g/mol. The molecular formula is C39H83NO4S. The Kier molecular flexibility index (Phi) is 38.2. The third kappa shape index (κ3) is 41.8. The lowest BCUT2D eigenvalue weighted by Crippen LogP contribution is -2.18. The molecule has 0 amide bonds. The van der Waals surface area contributed by atoms with Crippen molar-refractivity contribution in [3.8, 4) is 0 Å². The smallest absolute Gasteiger partial charge is 0.217 e. The molecule has 0 aliphatic heterocycles. The van der Waals surface area contributed by atoms with Gasteiger partial charge in [0.2, 0.25) is 10.4 Å². The molecule has 0 aromatic heterocycles. The molecule has 0 saturated carbocycles. The van der Waals surface area contributed by atoms with Gasteiger partial charge in [0, 0.05) is 0 Å². The molecule has 5 nitrogen and oxygen atoms in total. The van der Waals surface area contributed by atoms with Gasteiger partial charge in [-0.2, -0.15) is 0 Å². The molecule has 0 rings (SSSR count). The first-order chi connectivity index (χ1) is 21.3. The fourth-order valence-corrected chi connectivity index (χ4v) is 7.08. The van der Waals surface area contributed by atoms with Crippen molar-refractivity contribution in [2.24, 2.45) is 5.92 Å². The number of quaternary nitrogens is 1. The Morgan fingerprint density at radius 3 is 0.867 bits per heavy atom. The van der Waals surface area contributed by atoms with Crippen molar-refractivity contribution in [3.63, 3.8) is 0 Å². The van der Waals surface area contributed by atoms with Crippen LogP contribution in [0.4, 0.5) is 0 Å². The van der Waals surface area contributed by atoms with Crippen LogP contribution in [0.15, 0.2) is 0 Å². The van der Waals surface area contributed by atoms with Gasteiger partial charge in [0.25, 0.3) is 0 Å². The minimum atomic E-state index is -4.62. The first-order valence-corrected chi connectivity index (χ1v) is 21.3. The molecule has 0 fully saturated rings. The minimum absolute atomic E-state index is 0. The normalized spacial score (nSPS) is 12.6. The van der Waals surface area contributed by atoms with Crippen LogP contribution in [-0.2, 0) is 14.6 Å². The van der Waals surface area contributed by atoms with Crippen LogP contribution < -0.4 is 6.15 Å². The van der Waals surface area contributed by atoms with E-state index in [0.717, 1.165) is 31.6 Å². The highest BCUT2D eigenvalue weighted by atomic mass is 32.3. The Labute approximate surface area is 284 Å². The van der Waals surface area contributed by atoms with Gasteiger partial charge < -0.3 is 10.7 Å². The zero-order valence-corrected chi connectivity index (χ0v) is 32.1. The maximum atomic E-state index is 11.2. The monoisotopic (exact) mass is 662 g/mol.